The number of nitrogens with zero attached hydrogens (tertiary/aromatic N) is 4. The van der Waals surface area contributed by atoms with Crippen molar-refractivity contribution in [1.82, 2.24) is 19.9 Å². The van der Waals surface area contributed by atoms with Crippen LogP contribution in [0.1, 0.15) is 32.9 Å². The van der Waals surface area contributed by atoms with Crippen LogP contribution in [-0.2, 0) is 13.1 Å². The van der Waals surface area contributed by atoms with Gasteiger partial charge in [-0.2, -0.15) is 0 Å². The molecule has 0 radical (unpaired) electrons. The van der Waals surface area contributed by atoms with Crippen LogP contribution in [-0.4, -0.2) is 39.0 Å². The Morgan fingerprint density at radius 1 is 1.44 bits per heavy atom. The van der Waals surface area contributed by atoms with Crippen molar-refractivity contribution in [2.45, 2.75) is 45.8 Å². The summed E-state index contributed by atoms with van der Waals surface area (Å²) in [5, 5.41) is 8.23. The van der Waals surface area contributed by atoms with Gasteiger partial charge in [0.2, 0.25) is 0 Å². The summed E-state index contributed by atoms with van der Waals surface area (Å²) in [4.78, 5) is 2.25. The van der Waals surface area contributed by atoms with Gasteiger partial charge in [0.15, 0.2) is 0 Å². The summed E-state index contributed by atoms with van der Waals surface area (Å²) >= 11 is 0. The van der Waals surface area contributed by atoms with E-state index in [1.165, 1.54) is 0 Å². The number of rotatable bonds is 5. The molecule has 0 aliphatic heterocycles. The molecule has 5 heteroatoms. The van der Waals surface area contributed by atoms with E-state index in [0.717, 1.165) is 25.2 Å². The summed E-state index contributed by atoms with van der Waals surface area (Å²) in [6.45, 7) is 8.93. The molecule has 1 rings (SSSR count). The summed E-state index contributed by atoms with van der Waals surface area (Å²) in [5.74, 6) is 0. The standard InChI is InChI=1S/C11H23N5/c1-11(2,3)15(4)8-10-9-16(14-13-10)7-5-6-12/h9H,5-8,12H2,1-4H3. The van der Waals surface area contributed by atoms with Crippen molar-refractivity contribution in [2.75, 3.05) is 13.6 Å². The van der Waals surface area contributed by atoms with Gasteiger partial charge in [0.05, 0.1) is 5.69 Å². The second-order valence-electron chi connectivity index (χ2n) is 5.14. The lowest BCUT2D eigenvalue weighted by molar-refractivity contribution is 0.165. The first-order valence-corrected chi connectivity index (χ1v) is 5.74. The van der Waals surface area contributed by atoms with Crippen molar-refractivity contribution < 1.29 is 0 Å². The Hall–Kier alpha value is -0.940. The van der Waals surface area contributed by atoms with Gasteiger partial charge >= 0.3 is 0 Å². The Bertz CT molecular complexity index is 312. The highest BCUT2D eigenvalue weighted by Crippen LogP contribution is 2.13. The molecule has 0 amide bonds. The van der Waals surface area contributed by atoms with Crippen LogP contribution in [0.25, 0.3) is 0 Å². The van der Waals surface area contributed by atoms with Crippen LogP contribution in [0.2, 0.25) is 0 Å². The van der Waals surface area contributed by atoms with Crippen molar-refractivity contribution in [3.63, 3.8) is 0 Å². The average Bonchev–Trinajstić information content (AvgIpc) is 2.61. The third-order valence-corrected chi connectivity index (χ3v) is 2.72. The van der Waals surface area contributed by atoms with E-state index in [9.17, 15) is 0 Å². The van der Waals surface area contributed by atoms with Crippen LogP contribution in [0, 0.1) is 0 Å². The zero-order valence-electron chi connectivity index (χ0n) is 10.8. The molecule has 0 saturated carbocycles. The SMILES string of the molecule is CN(Cc1cn(CCCN)nn1)C(C)(C)C. The van der Waals surface area contributed by atoms with Crippen molar-refractivity contribution in [3.05, 3.63) is 11.9 Å². The lowest BCUT2D eigenvalue weighted by Gasteiger charge is -2.30. The third kappa shape index (κ3) is 3.90. The van der Waals surface area contributed by atoms with E-state index < -0.39 is 0 Å². The van der Waals surface area contributed by atoms with E-state index in [2.05, 4.69) is 43.0 Å². The zero-order chi connectivity index (χ0) is 12.2. The second-order valence-corrected chi connectivity index (χ2v) is 5.14. The highest BCUT2D eigenvalue weighted by molar-refractivity contribution is 4.93. The normalized spacial score (nSPS) is 12.4. The minimum atomic E-state index is 0.154. The molecule has 2 N–H and O–H groups in total. The maximum absolute atomic E-state index is 5.45. The van der Waals surface area contributed by atoms with Crippen LogP contribution < -0.4 is 5.73 Å². The van der Waals surface area contributed by atoms with Crippen LogP contribution in [0.4, 0.5) is 0 Å². The molecule has 92 valence electrons. The van der Waals surface area contributed by atoms with Gasteiger partial charge in [-0.05, 0) is 40.8 Å². The molecule has 0 fully saturated rings. The van der Waals surface area contributed by atoms with Crippen LogP contribution in [0.5, 0.6) is 0 Å². The van der Waals surface area contributed by atoms with Crippen molar-refractivity contribution >= 4 is 0 Å². The molecule has 0 aliphatic rings. The molecule has 0 atom stereocenters. The molecule has 5 nitrogen and oxygen atoms in total. The summed E-state index contributed by atoms with van der Waals surface area (Å²) in [6, 6.07) is 0. The van der Waals surface area contributed by atoms with Crippen LogP contribution in [0.3, 0.4) is 0 Å². The Labute approximate surface area is 97.6 Å². The van der Waals surface area contributed by atoms with Crippen molar-refractivity contribution in [1.29, 1.82) is 0 Å². The van der Waals surface area contributed by atoms with E-state index in [-0.39, 0.29) is 5.54 Å². The minimum absolute atomic E-state index is 0.154. The van der Waals surface area contributed by atoms with Crippen molar-refractivity contribution in [2.24, 2.45) is 5.73 Å². The predicted octanol–water partition coefficient (Wildman–Crippen LogP) is 0.857. The van der Waals surface area contributed by atoms with Gasteiger partial charge in [-0.25, -0.2) is 0 Å². The number of nitrogens with two attached hydrogens (primary N) is 1. The van der Waals surface area contributed by atoms with Gasteiger partial charge < -0.3 is 5.73 Å². The zero-order valence-corrected chi connectivity index (χ0v) is 10.8. The summed E-state index contributed by atoms with van der Waals surface area (Å²) < 4.78 is 1.86. The highest BCUT2D eigenvalue weighted by Gasteiger charge is 2.17. The fourth-order valence-electron chi connectivity index (χ4n) is 1.25. The third-order valence-electron chi connectivity index (χ3n) is 2.72. The molecule has 0 bridgehead atoms. The van der Waals surface area contributed by atoms with Gasteiger partial charge in [-0.1, -0.05) is 5.21 Å². The molecular weight excluding hydrogens is 202 g/mol. The Kier molecular flexibility index (Phi) is 4.44. The van der Waals surface area contributed by atoms with Gasteiger partial charge in [-0.3, -0.25) is 9.58 Å². The smallest absolute Gasteiger partial charge is 0.0967 e. The molecule has 0 aromatic carbocycles. The molecule has 16 heavy (non-hydrogen) atoms. The number of hydrogen-bond donors (Lipinski definition) is 1. The lowest BCUT2D eigenvalue weighted by Crippen LogP contribution is -2.37. The molecule has 0 aliphatic carbocycles. The Morgan fingerprint density at radius 3 is 2.69 bits per heavy atom. The van der Waals surface area contributed by atoms with Crippen LogP contribution >= 0.6 is 0 Å². The quantitative estimate of drug-likeness (QED) is 0.807. The maximum atomic E-state index is 5.45. The first-order chi connectivity index (χ1) is 7.43. The fourth-order valence-corrected chi connectivity index (χ4v) is 1.25. The molecule has 1 heterocycles. The monoisotopic (exact) mass is 225 g/mol. The summed E-state index contributed by atoms with van der Waals surface area (Å²) in [5.41, 5.74) is 6.61. The van der Waals surface area contributed by atoms with E-state index in [1.54, 1.807) is 0 Å². The number of aryl methyl sites for hydroxylation is 1. The number of hydrogen-bond acceptors (Lipinski definition) is 4. The molecule has 0 saturated heterocycles. The first kappa shape index (κ1) is 13.1. The largest absolute Gasteiger partial charge is 0.330 e. The van der Waals surface area contributed by atoms with Crippen molar-refractivity contribution in [3.8, 4) is 0 Å². The van der Waals surface area contributed by atoms with E-state index in [1.807, 2.05) is 10.9 Å². The van der Waals surface area contributed by atoms with Gasteiger partial charge in [0, 0.05) is 24.8 Å². The van der Waals surface area contributed by atoms with E-state index in [4.69, 9.17) is 5.73 Å². The Morgan fingerprint density at radius 2 is 2.12 bits per heavy atom. The van der Waals surface area contributed by atoms with E-state index in [0.29, 0.717) is 6.54 Å². The highest BCUT2D eigenvalue weighted by atomic mass is 15.4. The number of aromatic nitrogens is 3. The fraction of sp³-hybridized carbons (Fsp3) is 0.818. The van der Waals surface area contributed by atoms with Crippen LogP contribution in [0.15, 0.2) is 6.20 Å². The van der Waals surface area contributed by atoms with Gasteiger partial charge in [0.1, 0.15) is 0 Å². The molecule has 0 spiro atoms. The molecule has 1 aromatic rings. The molecule has 1 aromatic heterocycles. The second kappa shape index (κ2) is 5.41. The van der Waals surface area contributed by atoms with Gasteiger partial charge in [-0.15, -0.1) is 5.10 Å². The minimum Gasteiger partial charge on any atom is -0.330 e. The summed E-state index contributed by atoms with van der Waals surface area (Å²) in [6.07, 6.45) is 2.94. The van der Waals surface area contributed by atoms with Gasteiger partial charge in [0.25, 0.3) is 0 Å². The summed E-state index contributed by atoms with van der Waals surface area (Å²) in [7, 11) is 2.10. The van der Waals surface area contributed by atoms with E-state index >= 15 is 0 Å². The molecular formula is C11H23N5. The first-order valence-electron chi connectivity index (χ1n) is 5.74. The Balaban J connectivity index is 2.52. The predicted molar refractivity (Wildman–Crippen MR) is 64.9 cm³/mol. The molecule has 0 unspecified atom stereocenters. The topological polar surface area (TPSA) is 60.0 Å². The maximum Gasteiger partial charge on any atom is 0.0967 e. The average molecular weight is 225 g/mol. The lowest BCUT2D eigenvalue weighted by atomic mass is 10.1.